The second-order valence-electron chi connectivity index (χ2n) is 5.37. The highest BCUT2D eigenvalue weighted by Gasteiger charge is 2.18. The van der Waals surface area contributed by atoms with Gasteiger partial charge in [-0.1, -0.05) is 48.5 Å². The molecule has 0 unspecified atom stereocenters. The van der Waals surface area contributed by atoms with Crippen molar-refractivity contribution in [2.45, 2.75) is 6.54 Å². The Hall–Kier alpha value is -3.21. The Balaban J connectivity index is 1.76. The molecular formula is C20H17FN2O2. The van der Waals surface area contributed by atoms with E-state index in [4.69, 9.17) is 4.74 Å². The van der Waals surface area contributed by atoms with Crippen molar-refractivity contribution in [3.05, 3.63) is 90.4 Å². The summed E-state index contributed by atoms with van der Waals surface area (Å²) >= 11 is 0. The molecular weight excluding hydrogens is 319 g/mol. The first-order chi connectivity index (χ1) is 12.2. The van der Waals surface area contributed by atoms with Gasteiger partial charge in [0.2, 0.25) is 0 Å². The van der Waals surface area contributed by atoms with Crippen LogP contribution in [0, 0.1) is 5.82 Å². The average Bonchev–Trinajstić information content (AvgIpc) is 2.67. The molecule has 0 N–H and O–H groups in total. The van der Waals surface area contributed by atoms with E-state index in [9.17, 15) is 9.18 Å². The maximum atomic E-state index is 13.6. The topological polar surface area (TPSA) is 42.4 Å². The summed E-state index contributed by atoms with van der Waals surface area (Å²) in [4.78, 5) is 18.4. The Morgan fingerprint density at radius 3 is 2.40 bits per heavy atom. The second-order valence-corrected chi connectivity index (χ2v) is 5.37. The van der Waals surface area contributed by atoms with E-state index in [1.807, 2.05) is 36.4 Å². The van der Waals surface area contributed by atoms with Gasteiger partial charge in [0, 0.05) is 6.20 Å². The summed E-state index contributed by atoms with van der Waals surface area (Å²) in [6.07, 6.45) is 1.62. The van der Waals surface area contributed by atoms with Gasteiger partial charge in [0.25, 0.3) is 5.91 Å². The summed E-state index contributed by atoms with van der Waals surface area (Å²) < 4.78 is 19.0. The fraction of sp³-hybridized carbons (Fsp3) is 0.100. The van der Waals surface area contributed by atoms with Gasteiger partial charge < -0.3 is 4.74 Å². The van der Waals surface area contributed by atoms with Crippen molar-refractivity contribution in [2.75, 3.05) is 11.5 Å². The number of pyridine rings is 1. The summed E-state index contributed by atoms with van der Waals surface area (Å²) in [7, 11) is 0. The number of hydrogen-bond acceptors (Lipinski definition) is 3. The number of anilines is 1. The first-order valence-electron chi connectivity index (χ1n) is 7.86. The summed E-state index contributed by atoms with van der Waals surface area (Å²) in [6, 6.07) is 21.0. The SMILES string of the molecule is O=C(COc1ccccc1F)N(Cc1ccccc1)c1ccccn1. The Kier molecular flexibility index (Phi) is 5.36. The highest BCUT2D eigenvalue weighted by molar-refractivity contribution is 5.93. The number of ether oxygens (including phenoxy) is 1. The molecule has 0 atom stereocenters. The van der Waals surface area contributed by atoms with Crippen molar-refractivity contribution < 1.29 is 13.9 Å². The summed E-state index contributed by atoms with van der Waals surface area (Å²) in [5.41, 5.74) is 0.965. The van der Waals surface area contributed by atoms with Crippen LogP contribution in [-0.2, 0) is 11.3 Å². The number of nitrogens with zero attached hydrogens (tertiary/aromatic N) is 2. The fourth-order valence-electron chi connectivity index (χ4n) is 2.36. The third-order valence-corrected chi connectivity index (χ3v) is 3.60. The molecule has 0 bridgehead atoms. The molecule has 2 aromatic carbocycles. The van der Waals surface area contributed by atoms with Gasteiger partial charge in [0.1, 0.15) is 5.82 Å². The minimum Gasteiger partial charge on any atom is -0.481 e. The molecule has 3 rings (SSSR count). The number of rotatable bonds is 6. The van der Waals surface area contributed by atoms with Crippen molar-refractivity contribution >= 4 is 11.7 Å². The maximum absolute atomic E-state index is 13.6. The van der Waals surface area contributed by atoms with Crippen LogP contribution in [0.2, 0.25) is 0 Å². The molecule has 0 saturated carbocycles. The Bertz CT molecular complexity index is 825. The number of amides is 1. The monoisotopic (exact) mass is 336 g/mol. The van der Waals surface area contributed by atoms with Crippen LogP contribution in [0.1, 0.15) is 5.56 Å². The summed E-state index contributed by atoms with van der Waals surface area (Å²) in [6.45, 7) is 0.0850. The first-order valence-corrected chi connectivity index (χ1v) is 7.86. The van der Waals surface area contributed by atoms with Gasteiger partial charge in [0.15, 0.2) is 18.2 Å². The van der Waals surface area contributed by atoms with E-state index in [-0.39, 0.29) is 18.3 Å². The number of benzene rings is 2. The van der Waals surface area contributed by atoms with Gasteiger partial charge in [-0.25, -0.2) is 9.37 Å². The van der Waals surface area contributed by atoms with E-state index < -0.39 is 5.82 Å². The summed E-state index contributed by atoms with van der Waals surface area (Å²) in [5.74, 6) is -0.224. The van der Waals surface area contributed by atoms with Gasteiger partial charge in [-0.2, -0.15) is 0 Å². The lowest BCUT2D eigenvalue weighted by Crippen LogP contribution is -2.35. The van der Waals surface area contributed by atoms with Gasteiger partial charge in [-0.05, 0) is 29.8 Å². The quantitative estimate of drug-likeness (QED) is 0.687. The average molecular weight is 336 g/mol. The van der Waals surface area contributed by atoms with Crippen molar-refractivity contribution in [1.29, 1.82) is 0 Å². The molecule has 0 aliphatic carbocycles. The van der Waals surface area contributed by atoms with Gasteiger partial charge in [-0.3, -0.25) is 9.69 Å². The van der Waals surface area contributed by atoms with E-state index in [1.54, 1.807) is 30.5 Å². The Morgan fingerprint density at radius 2 is 1.68 bits per heavy atom. The van der Waals surface area contributed by atoms with Crippen molar-refractivity contribution in [2.24, 2.45) is 0 Å². The number of para-hydroxylation sites is 1. The van der Waals surface area contributed by atoms with E-state index in [2.05, 4.69) is 4.98 Å². The van der Waals surface area contributed by atoms with Crippen molar-refractivity contribution in [3.63, 3.8) is 0 Å². The zero-order valence-corrected chi connectivity index (χ0v) is 13.5. The van der Waals surface area contributed by atoms with E-state index in [0.29, 0.717) is 12.4 Å². The fourth-order valence-corrected chi connectivity index (χ4v) is 2.36. The molecule has 0 aliphatic rings. The Morgan fingerprint density at radius 1 is 0.960 bits per heavy atom. The van der Waals surface area contributed by atoms with Crippen LogP contribution in [0.4, 0.5) is 10.2 Å². The number of halogens is 1. The Labute approximate surface area is 145 Å². The molecule has 3 aromatic rings. The standard InChI is InChI=1S/C20H17FN2O2/c21-17-10-4-5-11-18(17)25-15-20(24)23(19-12-6-7-13-22-19)14-16-8-2-1-3-9-16/h1-13H,14-15H2. The zero-order valence-electron chi connectivity index (χ0n) is 13.5. The summed E-state index contributed by atoms with van der Waals surface area (Å²) in [5, 5.41) is 0. The molecule has 25 heavy (non-hydrogen) atoms. The third-order valence-electron chi connectivity index (χ3n) is 3.60. The number of aromatic nitrogens is 1. The maximum Gasteiger partial charge on any atom is 0.266 e. The van der Waals surface area contributed by atoms with Crippen LogP contribution in [0.25, 0.3) is 0 Å². The minimum absolute atomic E-state index is 0.0523. The lowest BCUT2D eigenvalue weighted by Gasteiger charge is -2.22. The number of hydrogen-bond donors (Lipinski definition) is 0. The molecule has 1 heterocycles. The van der Waals surface area contributed by atoms with Crippen LogP contribution in [0.5, 0.6) is 5.75 Å². The molecule has 0 radical (unpaired) electrons. The molecule has 4 nitrogen and oxygen atoms in total. The molecule has 0 saturated heterocycles. The molecule has 0 aliphatic heterocycles. The zero-order chi connectivity index (χ0) is 17.5. The van der Waals surface area contributed by atoms with E-state index in [1.165, 1.54) is 17.0 Å². The third kappa shape index (κ3) is 4.41. The lowest BCUT2D eigenvalue weighted by molar-refractivity contribution is -0.120. The van der Waals surface area contributed by atoms with Crippen LogP contribution in [-0.4, -0.2) is 17.5 Å². The second kappa shape index (κ2) is 8.06. The van der Waals surface area contributed by atoms with Gasteiger partial charge >= 0.3 is 0 Å². The first kappa shape index (κ1) is 16.6. The lowest BCUT2D eigenvalue weighted by atomic mass is 10.2. The predicted molar refractivity (Wildman–Crippen MR) is 93.8 cm³/mol. The molecule has 1 amide bonds. The molecule has 0 spiro atoms. The highest BCUT2D eigenvalue weighted by Crippen LogP contribution is 2.18. The van der Waals surface area contributed by atoms with Crippen LogP contribution in [0.15, 0.2) is 79.0 Å². The normalized spacial score (nSPS) is 10.3. The van der Waals surface area contributed by atoms with Crippen molar-refractivity contribution in [3.8, 4) is 5.75 Å². The van der Waals surface area contributed by atoms with Crippen LogP contribution < -0.4 is 9.64 Å². The van der Waals surface area contributed by atoms with Crippen LogP contribution in [0.3, 0.4) is 0 Å². The van der Waals surface area contributed by atoms with E-state index >= 15 is 0 Å². The smallest absolute Gasteiger partial charge is 0.266 e. The largest absolute Gasteiger partial charge is 0.481 e. The highest BCUT2D eigenvalue weighted by atomic mass is 19.1. The van der Waals surface area contributed by atoms with Crippen LogP contribution >= 0.6 is 0 Å². The van der Waals surface area contributed by atoms with E-state index in [0.717, 1.165) is 5.56 Å². The molecule has 126 valence electrons. The molecule has 1 aromatic heterocycles. The minimum atomic E-state index is -0.497. The molecule has 0 fully saturated rings. The molecule has 5 heteroatoms. The van der Waals surface area contributed by atoms with Gasteiger partial charge in [-0.15, -0.1) is 0 Å². The number of carbonyl (C=O) groups is 1. The van der Waals surface area contributed by atoms with Gasteiger partial charge in [0.05, 0.1) is 6.54 Å². The predicted octanol–water partition coefficient (Wildman–Crippen LogP) is 3.83. The number of carbonyl (C=O) groups excluding carboxylic acids is 1. The van der Waals surface area contributed by atoms with Crippen molar-refractivity contribution in [1.82, 2.24) is 4.98 Å².